The Morgan fingerprint density at radius 2 is 2.10 bits per heavy atom. The maximum Gasteiger partial charge on any atom is 0.142 e. The molecule has 110 valence electrons. The van der Waals surface area contributed by atoms with Crippen molar-refractivity contribution in [3.63, 3.8) is 0 Å². The Hall–Kier alpha value is -1.29. The highest BCUT2D eigenvalue weighted by Gasteiger charge is 2.21. The molecule has 1 heterocycles. The number of rotatable bonds is 3. The van der Waals surface area contributed by atoms with Crippen LogP contribution >= 0.6 is 23.2 Å². The standard InChI is InChI=1S/C16H13Cl2FO2/c17-11-6-9-4-5-21-16(9)10(7-11)8-14(20)12-2-1-3-13(19)15(12)18/h1-3,6-7,14,20H,4-5,8H2. The van der Waals surface area contributed by atoms with Gasteiger partial charge in [0, 0.05) is 23.4 Å². The molecular weight excluding hydrogens is 314 g/mol. The first-order valence-electron chi connectivity index (χ1n) is 6.62. The number of halogens is 3. The van der Waals surface area contributed by atoms with Crippen molar-refractivity contribution in [2.24, 2.45) is 0 Å². The second kappa shape index (κ2) is 5.84. The van der Waals surface area contributed by atoms with E-state index in [0.29, 0.717) is 17.2 Å². The van der Waals surface area contributed by atoms with E-state index in [1.165, 1.54) is 12.1 Å². The van der Waals surface area contributed by atoms with Crippen molar-refractivity contribution in [1.82, 2.24) is 0 Å². The Kier molecular flexibility index (Phi) is 4.07. The normalized spacial score (nSPS) is 14.7. The van der Waals surface area contributed by atoms with Gasteiger partial charge in [0.15, 0.2) is 0 Å². The van der Waals surface area contributed by atoms with Gasteiger partial charge in [-0.05, 0) is 29.3 Å². The van der Waals surface area contributed by atoms with Crippen LogP contribution in [0, 0.1) is 5.82 Å². The van der Waals surface area contributed by atoms with Crippen LogP contribution in [0.15, 0.2) is 30.3 Å². The first-order chi connectivity index (χ1) is 10.1. The van der Waals surface area contributed by atoms with Crippen LogP contribution in [0.3, 0.4) is 0 Å². The van der Waals surface area contributed by atoms with Crippen LogP contribution in [-0.4, -0.2) is 11.7 Å². The Morgan fingerprint density at radius 1 is 1.29 bits per heavy atom. The number of ether oxygens (including phenoxy) is 1. The Labute approximate surface area is 132 Å². The van der Waals surface area contributed by atoms with E-state index < -0.39 is 11.9 Å². The van der Waals surface area contributed by atoms with E-state index in [1.807, 2.05) is 6.07 Å². The molecule has 1 aliphatic heterocycles. The molecule has 0 aromatic heterocycles. The van der Waals surface area contributed by atoms with Crippen LogP contribution in [0.2, 0.25) is 10.0 Å². The lowest BCUT2D eigenvalue weighted by molar-refractivity contribution is 0.176. The molecule has 0 saturated heterocycles. The lowest BCUT2D eigenvalue weighted by Gasteiger charge is -2.15. The van der Waals surface area contributed by atoms with Gasteiger partial charge in [-0.25, -0.2) is 4.39 Å². The van der Waals surface area contributed by atoms with Crippen molar-refractivity contribution < 1.29 is 14.2 Å². The van der Waals surface area contributed by atoms with Crippen LogP contribution in [-0.2, 0) is 12.8 Å². The predicted octanol–water partition coefficient (Wildman–Crippen LogP) is 4.34. The molecular formula is C16H13Cl2FO2. The lowest BCUT2D eigenvalue weighted by Crippen LogP contribution is -2.05. The summed E-state index contributed by atoms with van der Waals surface area (Å²) in [5.41, 5.74) is 2.21. The number of hydrogen-bond donors (Lipinski definition) is 1. The summed E-state index contributed by atoms with van der Waals surface area (Å²) in [6.07, 6.45) is 0.158. The first-order valence-corrected chi connectivity index (χ1v) is 7.38. The second-order valence-electron chi connectivity index (χ2n) is 5.01. The molecule has 0 amide bonds. The molecule has 21 heavy (non-hydrogen) atoms. The SMILES string of the molecule is OC(Cc1cc(Cl)cc2c1OCC2)c1cccc(F)c1Cl. The van der Waals surface area contributed by atoms with Crippen LogP contribution in [0.25, 0.3) is 0 Å². The minimum atomic E-state index is -0.917. The number of aliphatic hydroxyl groups excluding tert-OH is 1. The number of hydrogen-bond acceptors (Lipinski definition) is 2. The van der Waals surface area contributed by atoms with Gasteiger partial charge in [0.25, 0.3) is 0 Å². The molecule has 1 unspecified atom stereocenters. The summed E-state index contributed by atoms with van der Waals surface area (Å²) < 4.78 is 19.1. The van der Waals surface area contributed by atoms with Gasteiger partial charge in [-0.1, -0.05) is 35.3 Å². The van der Waals surface area contributed by atoms with Crippen molar-refractivity contribution in [1.29, 1.82) is 0 Å². The van der Waals surface area contributed by atoms with Crippen LogP contribution in [0.1, 0.15) is 22.8 Å². The summed E-state index contributed by atoms with van der Waals surface area (Å²) in [5.74, 6) is 0.228. The summed E-state index contributed by atoms with van der Waals surface area (Å²) in [6.45, 7) is 0.611. The molecule has 1 N–H and O–H groups in total. The minimum absolute atomic E-state index is 0.0513. The molecule has 5 heteroatoms. The summed E-state index contributed by atoms with van der Waals surface area (Å²) in [6, 6.07) is 8.04. The van der Waals surface area contributed by atoms with Gasteiger partial charge < -0.3 is 9.84 Å². The molecule has 0 saturated carbocycles. The van der Waals surface area contributed by atoms with E-state index in [4.69, 9.17) is 27.9 Å². The van der Waals surface area contributed by atoms with Crippen molar-refractivity contribution in [3.05, 3.63) is 62.9 Å². The zero-order valence-electron chi connectivity index (χ0n) is 11.1. The monoisotopic (exact) mass is 326 g/mol. The predicted molar refractivity (Wildman–Crippen MR) is 80.7 cm³/mol. The molecule has 1 aliphatic rings. The third kappa shape index (κ3) is 2.86. The summed E-state index contributed by atoms with van der Waals surface area (Å²) >= 11 is 12.0. The zero-order valence-corrected chi connectivity index (χ0v) is 12.6. The largest absolute Gasteiger partial charge is 0.493 e. The quantitative estimate of drug-likeness (QED) is 0.908. The number of aliphatic hydroxyl groups is 1. The van der Waals surface area contributed by atoms with Crippen LogP contribution in [0.4, 0.5) is 4.39 Å². The fourth-order valence-corrected chi connectivity index (χ4v) is 3.11. The Bertz CT molecular complexity index is 688. The summed E-state index contributed by atoms with van der Waals surface area (Å²) in [5, 5.41) is 10.9. The average Bonchev–Trinajstić information content (AvgIpc) is 2.90. The highest BCUT2D eigenvalue weighted by Crippen LogP contribution is 2.36. The maximum absolute atomic E-state index is 13.5. The van der Waals surface area contributed by atoms with Crippen molar-refractivity contribution in [3.8, 4) is 5.75 Å². The van der Waals surface area contributed by atoms with E-state index >= 15 is 0 Å². The van der Waals surface area contributed by atoms with E-state index in [9.17, 15) is 9.50 Å². The fraction of sp³-hybridized carbons (Fsp3) is 0.250. The van der Waals surface area contributed by atoms with E-state index in [1.54, 1.807) is 12.1 Å². The van der Waals surface area contributed by atoms with Gasteiger partial charge in [0.1, 0.15) is 11.6 Å². The molecule has 2 aromatic carbocycles. The molecule has 2 nitrogen and oxygen atoms in total. The van der Waals surface area contributed by atoms with Gasteiger partial charge in [-0.15, -0.1) is 0 Å². The van der Waals surface area contributed by atoms with Gasteiger partial charge in [0.05, 0.1) is 17.7 Å². The number of fused-ring (bicyclic) bond motifs is 1. The van der Waals surface area contributed by atoms with Crippen LogP contribution < -0.4 is 4.74 Å². The average molecular weight is 327 g/mol. The lowest BCUT2D eigenvalue weighted by atomic mass is 9.98. The van der Waals surface area contributed by atoms with E-state index in [0.717, 1.165) is 23.3 Å². The smallest absolute Gasteiger partial charge is 0.142 e. The first kappa shape index (κ1) is 14.6. The van der Waals surface area contributed by atoms with E-state index in [-0.39, 0.29) is 11.4 Å². The third-order valence-corrected chi connectivity index (χ3v) is 4.20. The highest BCUT2D eigenvalue weighted by molar-refractivity contribution is 6.31. The van der Waals surface area contributed by atoms with Crippen LogP contribution in [0.5, 0.6) is 5.75 Å². The summed E-state index contributed by atoms with van der Waals surface area (Å²) in [4.78, 5) is 0. The molecule has 1 atom stereocenters. The Balaban J connectivity index is 1.92. The molecule has 2 aromatic rings. The van der Waals surface area contributed by atoms with Gasteiger partial charge >= 0.3 is 0 Å². The highest BCUT2D eigenvalue weighted by atomic mass is 35.5. The molecule has 0 fully saturated rings. The summed E-state index contributed by atoms with van der Waals surface area (Å²) in [7, 11) is 0. The zero-order chi connectivity index (χ0) is 15.0. The maximum atomic E-state index is 13.5. The van der Waals surface area contributed by atoms with E-state index in [2.05, 4.69) is 0 Å². The molecule has 3 rings (SSSR count). The van der Waals surface area contributed by atoms with Gasteiger partial charge in [0.2, 0.25) is 0 Å². The third-order valence-electron chi connectivity index (χ3n) is 3.58. The molecule has 0 bridgehead atoms. The molecule has 0 aliphatic carbocycles. The fourth-order valence-electron chi connectivity index (χ4n) is 2.59. The minimum Gasteiger partial charge on any atom is -0.493 e. The van der Waals surface area contributed by atoms with Crippen molar-refractivity contribution >= 4 is 23.2 Å². The molecule has 0 radical (unpaired) electrons. The van der Waals surface area contributed by atoms with Crippen molar-refractivity contribution in [2.75, 3.05) is 6.61 Å². The topological polar surface area (TPSA) is 29.5 Å². The van der Waals surface area contributed by atoms with Gasteiger partial charge in [-0.3, -0.25) is 0 Å². The second-order valence-corrected chi connectivity index (χ2v) is 5.83. The Morgan fingerprint density at radius 3 is 2.90 bits per heavy atom. The van der Waals surface area contributed by atoms with Gasteiger partial charge in [-0.2, -0.15) is 0 Å². The molecule has 0 spiro atoms. The van der Waals surface area contributed by atoms with Crippen molar-refractivity contribution in [2.45, 2.75) is 18.9 Å². The number of benzene rings is 2.